The lowest BCUT2D eigenvalue weighted by atomic mass is 9.84. The molecule has 2 heterocycles. The molecule has 0 unspecified atom stereocenters. The Kier molecular flexibility index (Phi) is 3.17. The summed E-state index contributed by atoms with van der Waals surface area (Å²) in [5, 5.41) is 1.95. The molecule has 1 aromatic rings. The van der Waals surface area contributed by atoms with E-state index in [-0.39, 0.29) is 16.6 Å². The summed E-state index contributed by atoms with van der Waals surface area (Å²) in [7, 11) is 2.02. The number of likely N-dealkylation sites (N-methyl/N-ethyl adjacent to an activating group) is 1. The van der Waals surface area contributed by atoms with Crippen molar-refractivity contribution in [3.05, 3.63) is 52.6 Å². The first-order valence-corrected chi connectivity index (χ1v) is 7.52. The van der Waals surface area contributed by atoms with Gasteiger partial charge >= 0.3 is 0 Å². The lowest BCUT2D eigenvalue weighted by Crippen LogP contribution is -2.22. The SMILES string of the molecule is CN1/C(=C\C=C2\SC(=O)NC2=O)C(C)(C)c2ccccc21. The third kappa shape index (κ3) is 2.17. The van der Waals surface area contributed by atoms with E-state index in [4.69, 9.17) is 0 Å². The van der Waals surface area contributed by atoms with Gasteiger partial charge in [0.05, 0.1) is 4.91 Å². The van der Waals surface area contributed by atoms with Gasteiger partial charge in [0.25, 0.3) is 11.1 Å². The van der Waals surface area contributed by atoms with Crippen molar-refractivity contribution in [1.82, 2.24) is 5.32 Å². The van der Waals surface area contributed by atoms with Crippen LogP contribution in [0.5, 0.6) is 0 Å². The number of anilines is 1. The number of carbonyl (C=O) groups is 2. The largest absolute Gasteiger partial charge is 0.347 e. The van der Waals surface area contributed by atoms with Crippen LogP contribution in [0.15, 0.2) is 47.0 Å². The number of thioether (sulfide) groups is 1. The monoisotopic (exact) mass is 300 g/mol. The smallest absolute Gasteiger partial charge is 0.290 e. The van der Waals surface area contributed by atoms with Gasteiger partial charge in [-0.3, -0.25) is 14.9 Å². The minimum absolute atomic E-state index is 0.133. The van der Waals surface area contributed by atoms with Crippen LogP contribution < -0.4 is 10.2 Å². The van der Waals surface area contributed by atoms with Crippen molar-refractivity contribution < 1.29 is 9.59 Å². The molecule has 0 bridgehead atoms. The Hall–Kier alpha value is -2.01. The number of para-hydroxylation sites is 1. The molecule has 2 amide bonds. The zero-order valence-corrected chi connectivity index (χ0v) is 13.0. The molecule has 1 saturated heterocycles. The minimum Gasteiger partial charge on any atom is -0.347 e. The van der Waals surface area contributed by atoms with Gasteiger partial charge in [-0.25, -0.2) is 0 Å². The van der Waals surface area contributed by atoms with Crippen molar-refractivity contribution in [2.24, 2.45) is 0 Å². The molecule has 2 aliphatic heterocycles. The van der Waals surface area contributed by atoms with Crippen LogP contribution >= 0.6 is 11.8 Å². The molecule has 0 atom stereocenters. The highest BCUT2D eigenvalue weighted by atomic mass is 32.2. The summed E-state index contributed by atoms with van der Waals surface area (Å²) in [6.07, 6.45) is 3.66. The van der Waals surface area contributed by atoms with Gasteiger partial charge in [-0.2, -0.15) is 0 Å². The Labute approximate surface area is 127 Å². The van der Waals surface area contributed by atoms with Gasteiger partial charge in [-0.1, -0.05) is 32.0 Å². The number of hydrogen-bond acceptors (Lipinski definition) is 4. The molecule has 0 radical (unpaired) electrons. The lowest BCUT2D eigenvalue weighted by molar-refractivity contribution is -0.115. The van der Waals surface area contributed by atoms with Crippen LogP contribution in [0.1, 0.15) is 19.4 Å². The van der Waals surface area contributed by atoms with Crippen molar-refractivity contribution >= 4 is 28.6 Å². The molecule has 108 valence electrons. The van der Waals surface area contributed by atoms with Gasteiger partial charge in [-0.15, -0.1) is 0 Å². The molecule has 21 heavy (non-hydrogen) atoms. The van der Waals surface area contributed by atoms with Gasteiger partial charge in [0.1, 0.15) is 0 Å². The number of imide groups is 1. The molecule has 0 aliphatic carbocycles. The van der Waals surface area contributed by atoms with Crippen LogP contribution in [0, 0.1) is 0 Å². The maximum absolute atomic E-state index is 11.6. The van der Waals surface area contributed by atoms with Crippen molar-refractivity contribution in [2.45, 2.75) is 19.3 Å². The van der Waals surface area contributed by atoms with Gasteiger partial charge < -0.3 is 4.90 Å². The number of nitrogens with one attached hydrogen (secondary N) is 1. The fourth-order valence-corrected chi connectivity index (χ4v) is 3.52. The van der Waals surface area contributed by atoms with Crippen LogP contribution in [0.3, 0.4) is 0 Å². The molecule has 0 saturated carbocycles. The second-order valence-corrected chi connectivity index (χ2v) is 6.64. The second-order valence-electron chi connectivity index (χ2n) is 5.63. The Bertz CT molecular complexity index is 704. The van der Waals surface area contributed by atoms with Gasteiger partial charge in [0.15, 0.2) is 0 Å². The van der Waals surface area contributed by atoms with Crippen LogP contribution in [0.25, 0.3) is 0 Å². The van der Waals surface area contributed by atoms with Crippen molar-refractivity contribution in [1.29, 1.82) is 0 Å². The summed E-state index contributed by atoms with van der Waals surface area (Å²) < 4.78 is 0. The number of nitrogens with zero attached hydrogens (tertiary/aromatic N) is 1. The lowest BCUT2D eigenvalue weighted by Gasteiger charge is -2.23. The molecule has 1 N–H and O–H groups in total. The summed E-state index contributed by atoms with van der Waals surface area (Å²) in [6, 6.07) is 8.27. The van der Waals surface area contributed by atoms with E-state index in [1.54, 1.807) is 6.08 Å². The van der Waals surface area contributed by atoms with Crippen LogP contribution in [0.2, 0.25) is 0 Å². The average Bonchev–Trinajstić information content (AvgIpc) is 2.85. The molecule has 0 aromatic heterocycles. The van der Waals surface area contributed by atoms with Crippen molar-refractivity contribution in [2.75, 3.05) is 11.9 Å². The van der Waals surface area contributed by atoms with Crippen LogP contribution in [-0.4, -0.2) is 18.2 Å². The molecular weight excluding hydrogens is 284 g/mol. The highest BCUT2D eigenvalue weighted by Crippen LogP contribution is 2.46. The molecule has 1 fully saturated rings. The van der Waals surface area contributed by atoms with E-state index in [1.807, 2.05) is 25.3 Å². The zero-order valence-electron chi connectivity index (χ0n) is 12.1. The summed E-state index contributed by atoms with van der Waals surface area (Å²) in [4.78, 5) is 25.3. The predicted molar refractivity (Wildman–Crippen MR) is 85.2 cm³/mol. The molecule has 1 aromatic carbocycles. The predicted octanol–water partition coefficient (Wildman–Crippen LogP) is 3.16. The quantitative estimate of drug-likeness (QED) is 0.809. The highest BCUT2D eigenvalue weighted by Gasteiger charge is 2.37. The first kappa shape index (κ1) is 13.9. The number of benzene rings is 1. The number of fused-ring (bicyclic) bond motifs is 1. The first-order chi connectivity index (χ1) is 9.91. The Morgan fingerprint density at radius 2 is 1.90 bits per heavy atom. The van der Waals surface area contributed by atoms with E-state index >= 15 is 0 Å². The van der Waals surface area contributed by atoms with Gasteiger partial charge in [-0.05, 0) is 35.5 Å². The minimum atomic E-state index is -0.321. The average molecular weight is 300 g/mol. The highest BCUT2D eigenvalue weighted by molar-refractivity contribution is 8.18. The molecule has 2 aliphatic rings. The van der Waals surface area contributed by atoms with Crippen molar-refractivity contribution in [3.63, 3.8) is 0 Å². The molecule has 4 nitrogen and oxygen atoms in total. The fourth-order valence-electron chi connectivity index (χ4n) is 2.89. The summed E-state index contributed by atoms with van der Waals surface area (Å²) >= 11 is 0.941. The summed E-state index contributed by atoms with van der Waals surface area (Å²) in [5.41, 5.74) is 3.40. The van der Waals surface area contributed by atoms with E-state index in [1.165, 1.54) is 11.3 Å². The van der Waals surface area contributed by atoms with Crippen molar-refractivity contribution in [3.8, 4) is 0 Å². The molecule has 5 heteroatoms. The molecule has 3 rings (SSSR count). The number of allylic oxidation sites excluding steroid dienone is 3. The maximum Gasteiger partial charge on any atom is 0.290 e. The molecule has 0 spiro atoms. The third-order valence-electron chi connectivity index (χ3n) is 3.98. The number of rotatable bonds is 1. The van der Waals surface area contributed by atoms with E-state index in [2.05, 4.69) is 36.2 Å². The normalized spacial score (nSPS) is 23.9. The van der Waals surface area contributed by atoms with E-state index in [0.29, 0.717) is 4.91 Å². The Balaban J connectivity index is 2.01. The molecular formula is C16H16N2O2S. The zero-order chi connectivity index (χ0) is 15.2. The van der Waals surface area contributed by atoms with E-state index in [0.717, 1.165) is 17.5 Å². The second kappa shape index (κ2) is 4.77. The van der Waals surface area contributed by atoms with Crippen LogP contribution in [-0.2, 0) is 10.2 Å². The number of hydrogen-bond donors (Lipinski definition) is 1. The van der Waals surface area contributed by atoms with Gasteiger partial charge in [0.2, 0.25) is 0 Å². The standard InChI is InChI=1S/C16H16N2O2S/c1-16(2)10-6-4-5-7-11(10)18(3)13(16)9-8-12-14(19)17-15(20)21-12/h4-9H,1-3H3,(H,17,19,20)/b12-8+,13-9-. The summed E-state index contributed by atoms with van der Waals surface area (Å²) in [6.45, 7) is 4.32. The Morgan fingerprint density at radius 1 is 1.19 bits per heavy atom. The van der Waals surface area contributed by atoms with E-state index in [9.17, 15) is 9.59 Å². The van der Waals surface area contributed by atoms with Crippen LogP contribution in [0.4, 0.5) is 10.5 Å². The maximum atomic E-state index is 11.6. The van der Waals surface area contributed by atoms with E-state index < -0.39 is 0 Å². The topological polar surface area (TPSA) is 49.4 Å². The Morgan fingerprint density at radius 3 is 2.52 bits per heavy atom. The number of amides is 2. The van der Waals surface area contributed by atoms with Gasteiger partial charge in [0, 0.05) is 23.8 Å². The summed E-state index contributed by atoms with van der Waals surface area (Å²) in [5.74, 6) is -0.321. The fraction of sp³-hybridized carbons (Fsp3) is 0.250. The number of carbonyl (C=O) groups excluding carboxylic acids is 2. The third-order valence-corrected chi connectivity index (χ3v) is 4.80. The first-order valence-electron chi connectivity index (χ1n) is 6.70.